The van der Waals surface area contributed by atoms with E-state index in [0.29, 0.717) is 6.42 Å². The van der Waals surface area contributed by atoms with Gasteiger partial charge in [0.25, 0.3) is 0 Å². The van der Waals surface area contributed by atoms with Gasteiger partial charge in [0.05, 0.1) is 13.0 Å². The second kappa shape index (κ2) is 5.71. The zero-order valence-corrected chi connectivity index (χ0v) is 10.2. The Bertz CT molecular complexity index is 360. The highest BCUT2D eigenvalue weighted by atomic mass is 79.9. The van der Waals surface area contributed by atoms with Crippen LogP contribution in [0.15, 0.2) is 41.4 Å². The van der Waals surface area contributed by atoms with Crippen molar-refractivity contribution in [3.8, 4) is 0 Å². The number of carbonyl (C=O) groups excluding carboxylic acids is 1. The van der Waals surface area contributed by atoms with E-state index in [4.69, 9.17) is 4.74 Å². The lowest BCUT2D eigenvalue weighted by atomic mass is 9.96. The Labute approximate surface area is 98.1 Å². The van der Waals surface area contributed by atoms with Crippen molar-refractivity contribution in [2.24, 2.45) is 0 Å². The Morgan fingerprint density at radius 2 is 2.27 bits per heavy atom. The summed E-state index contributed by atoms with van der Waals surface area (Å²) < 4.78 is 5.69. The molecule has 0 fully saturated rings. The number of hydrogen-bond acceptors (Lipinski definition) is 2. The summed E-state index contributed by atoms with van der Waals surface area (Å²) in [6.07, 6.45) is 2.30. The molecule has 80 valence electrons. The number of halogens is 1. The number of allylic oxidation sites excluding steroid dienone is 1. The van der Waals surface area contributed by atoms with Crippen LogP contribution < -0.4 is 0 Å². The van der Waals surface area contributed by atoms with E-state index in [1.807, 2.05) is 24.3 Å². The Morgan fingerprint density at radius 1 is 1.60 bits per heavy atom. The van der Waals surface area contributed by atoms with Crippen molar-refractivity contribution in [1.82, 2.24) is 0 Å². The van der Waals surface area contributed by atoms with E-state index in [0.717, 1.165) is 10.0 Å². The lowest BCUT2D eigenvalue weighted by Gasteiger charge is -2.14. The summed E-state index contributed by atoms with van der Waals surface area (Å²) in [5, 5.41) is 0. The Kier molecular flexibility index (Phi) is 4.56. The third-order valence-electron chi connectivity index (χ3n) is 2.17. The maximum atomic E-state index is 11.6. The zero-order chi connectivity index (χ0) is 11.3. The summed E-state index contributed by atoms with van der Waals surface area (Å²) in [6, 6.07) is 7.64. The molecule has 0 saturated heterocycles. The van der Waals surface area contributed by atoms with E-state index in [-0.39, 0.29) is 11.9 Å². The molecule has 1 aromatic carbocycles. The molecule has 0 aliphatic heterocycles. The lowest BCUT2D eigenvalue weighted by molar-refractivity contribution is -0.142. The van der Waals surface area contributed by atoms with Crippen LogP contribution in [-0.4, -0.2) is 13.1 Å². The molecule has 0 aliphatic carbocycles. The van der Waals surface area contributed by atoms with Crippen LogP contribution in [0.2, 0.25) is 0 Å². The first-order valence-corrected chi connectivity index (χ1v) is 5.43. The van der Waals surface area contributed by atoms with E-state index in [1.165, 1.54) is 7.11 Å². The smallest absolute Gasteiger partial charge is 0.313 e. The third kappa shape index (κ3) is 2.93. The molecule has 0 spiro atoms. The molecule has 15 heavy (non-hydrogen) atoms. The molecule has 0 bridgehead atoms. The standard InChI is InChI=1S/C12H13BrO2/c1-3-6-10(12(14)15-2)9-7-4-5-8-11(9)13/h3-5,7-8,10H,1,6H2,2H3. The van der Waals surface area contributed by atoms with Crippen molar-refractivity contribution in [3.63, 3.8) is 0 Å². The Hall–Kier alpha value is -1.09. The van der Waals surface area contributed by atoms with Gasteiger partial charge in [-0.05, 0) is 18.1 Å². The van der Waals surface area contributed by atoms with Crippen LogP contribution in [-0.2, 0) is 9.53 Å². The number of ether oxygens (including phenoxy) is 1. The fourth-order valence-corrected chi connectivity index (χ4v) is 1.98. The first kappa shape index (κ1) is 12.0. The summed E-state index contributed by atoms with van der Waals surface area (Å²) in [5.41, 5.74) is 0.934. The molecule has 3 heteroatoms. The predicted molar refractivity (Wildman–Crippen MR) is 63.7 cm³/mol. The van der Waals surface area contributed by atoms with Crippen molar-refractivity contribution in [3.05, 3.63) is 47.0 Å². The zero-order valence-electron chi connectivity index (χ0n) is 8.57. The number of esters is 1. The van der Waals surface area contributed by atoms with Crippen molar-refractivity contribution < 1.29 is 9.53 Å². The predicted octanol–water partition coefficient (Wildman–Crippen LogP) is 3.28. The molecule has 0 heterocycles. The van der Waals surface area contributed by atoms with Gasteiger partial charge in [0.2, 0.25) is 0 Å². The molecule has 0 radical (unpaired) electrons. The number of hydrogen-bond donors (Lipinski definition) is 0. The fraction of sp³-hybridized carbons (Fsp3) is 0.250. The van der Waals surface area contributed by atoms with Gasteiger partial charge in [-0.2, -0.15) is 0 Å². The van der Waals surface area contributed by atoms with Gasteiger partial charge >= 0.3 is 5.97 Å². The number of benzene rings is 1. The first-order valence-electron chi connectivity index (χ1n) is 4.63. The highest BCUT2D eigenvalue weighted by Gasteiger charge is 2.21. The normalized spacial score (nSPS) is 11.9. The molecule has 1 atom stereocenters. The van der Waals surface area contributed by atoms with Crippen molar-refractivity contribution in [2.75, 3.05) is 7.11 Å². The lowest BCUT2D eigenvalue weighted by Crippen LogP contribution is -2.14. The molecule has 2 nitrogen and oxygen atoms in total. The molecule has 0 saturated carbocycles. The van der Waals surface area contributed by atoms with Crippen LogP contribution >= 0.6 is 15.9 Å². The summed E-state index contributed by atoms with van der Waals surface area (Å²) in [4.78, 5) is 11.6. The minimum atomic E-state index is -0.275. The molecular formula is C12H13BrO2. The van der Waals surface area contributed by atoms with Crippen LogP contribution in [0.4, 0.5) is 0 Å². The van der Waals surface area contributed by atoms with Crippen molar-refractivity contribution in [2.45, 2.75) is 12.3 Å². The number of methoxy groups -OCH3 is 1. The minimum Gasteiger partial charge on any atom is -0.469 e. The van der Waals surface area contributed by atoms with Gasteiger partial charge in [-0.15, -0.1) is 6.58 Å². The minimum absolute atomic E-state index is 0.234. The number of carbonyl (C=O) groups is 1. The van der Waals surface area contributed by atoms with Crippen LogP contribution in [0.25, 0.3) is 0 Å². The highest BCUT2D eigenvalue weighted by Crippen LogP contribution is 2.28. The van der Waals surface area contributed by atoms with Crippen LogP contribution in [0, 0.1) is 0 Å². The van der Waals surface area contributed by atoms with E-state index in [2.05, 4.69) is 22.5 Å². The van der Waals surface area contributed by atoms with Gasteiger partial charge in [0.1, 0.15) is 0 Å². The third-order valence-corrected chi connectivity index (χ3v) is 2.89. The summed E-state index contributed by atoms with van der Waals surface area (Å²) >= 11 is 3.42. The average molecular weight is 269 g/mol. The molecule has 0 amide bonds. The van der Waals surface area contributed by atoms with E-state index < -0.39 is 0 Å². The molecule has 1 rings (SSSR count). The van der Waals surface area contributed by atoms with E-state index in [1.54, 1.807) is 6.08 Å². The molecule has 0 aliphatic rings. The summed E-state index contributed by atoms with van der Waals surface area (Å²) in [6.45, 7) is 3.65. The maximum absolute atomic E-state index is 11.6. The highest BCUT2D eigenvalue weighted by molar-refractivity contribution is 9.10. The molecular weight excluding hydrogens is 256 g/mol. The topological polar surface area (TPSA) is 26.3 Å². The molecule has 1 aromatic rings. The van der Waals surface area contributed by atoms with Gasteiger partial charge in [-0.1, -0.05) is 40.2 Å². The monoisotopic (exact) mass is 268 g/mol. The van der Waals surface area contributed by atoms with E-state index in [9.17, 15) is 4.79 Å². The van der Waals surface area contributed by atoms with Gasteiger partial charge in [0, 0.05) is 4.47 Å². The molecule has 0 N–H and O–H groups in total. The SMILES string of the molecule is C=CCC(C(=O)OC)c1ccccc1Br. The summed E-state index contributed by atoms with van der Waals surface area (Å²) in [5.74, 6) is -0.509. The fourth-order valence-electron chi connectivity index (χ4n) is 1.42. The van der Waals surface area contributed by atoms with Crippen LogP contribution in [0.3, 0.4) is 0 Å². The first-order chi connectivity index (χ1) is 7.20. The summed E-state index contributed by atoms with van der Waals surface area (Å²) in [7, 11) is 1.40. The second-order valence-corrected chi connectivity index (χ2v) is 3.98. The molecule has 0 aromatic heterocycles. The van der Waals surface area contributed by atoms with E-state index >= 15 is 0 Å². The van der Waals surface area contributed by atoms with Crippen LogP contribution in [0.1, 0.15) is 17.9 Å². The van der Waals surface area contributed by atoms with Gasteiger partial charge in [-0.3, -0.25) is 4.79 Å². The van der Waals surface area contributed by atoms with Gasteiger partial charge in [-0.25, -0.2) is 0 Å². The van der Waals surface area contributed by atoms with Gasteiger partial charge < -0.3 is 4.74 Å². The Morgan fingerprint density at radius 3 is 2.80 bits per heavy atom. The van der Waals surface area contributed by atoms with Crippen molar-refractivity contribution in [1.29, 1.82) is 0 Å². The quantitative estimate of drug-likeness (QED) is 0.619. The Balaban J connectivity index is 3.03. The second-order valence-electron chi connectivity index (χ2n) is 3.12. The number of rotatable bonds is 4. The average Bonchev–Trinajstić information content (AvgIpc) is 2.26. The van der Waals surface area contributed by atoms with Crippen molar-refractivity contribution >= 4 is 21.9 Å². The van der Waals surface area contributed by atoms with Gasteiger partial charge in [0.15, 0.2) is 0 Å². The van der Waals surface area contributed by atoms with Crippen LogP contribution in [0.5, 0.6) is 0 Å². The molecule has 1 unspecified atom stereocenters. The maximum Gasteiger partial charge on any atom is 0.313 e. The largest absolute Gasteiger partial charge is 0.469 e.